The predicted octanol–water partition coefficient (Wildman–Crippen LogP) is 4.04. The maximum absolute atomic E-state index is 10.8. The molecular weight excluding hydrogens is 372 g/mol. The van der Waals surface area contributed by atoms with Gasteiger partial charge in [-0.25, -0.2) is 0 Å². The van der Waals surface area contributed by atoms with Crippen molar-refractivity contribution in [2.75, 3.05) is 28.4 Å². The minimum atomic E-state index is -0.762. The highest BCUT2D eigenvalue weighted by Crippen LogP contribution is 2.31. The van der Waals surface area contributed by atoms with Gasteiger partial charge < -0.3 is 24.1 Å². The Labute approximate surface area is 171 Å². The largest absolute Gasteiger partial charge is 0.497 e. The van der Waals surface area contributed by atoms with Crippen molar-refractivity contribution in [2.45, 2.75) is 32.5 Å². The van der Waals surface area contributed by atoms with Crippen molar-refractivity contribution < 1.29 is 24.1 Å². The fourth-order valence-electron chi connectivity index (χ4n) is 3.13. The molecule has 158 valence electrons. The third-order valence-electron chi connectivity index (χ3n) is 4.55. The van der Waals surface area contributed by atoms with Crippen LogP contribution >= 0.6 is 0 Å². The van der Waals surface area contributed by atoms with Crippen molar-refractivity contribution in [1.29, 1.82) is 0 Å². The monoisotopic (exact) mass is 402 g/mol. The maximum Gasteiger partial charge on any atom is 0.170 e. The Morgan fingerprint density at radius 2 is 1.86 bits per heavy atom. The minimum Gasteiger partial charge on any atom is -0.497 e. The summed E-state index contributed by atoms with van der Waals surface area (Å²) in [5, 5.41) is 18.8. The van der Waals surface area contributed by atoms with Gasteiger partial charge >= 0.3 is 0 Å². The number of aromatic nitrogens is 2. The third kappa shape index (κ3) is 4.99. The molecule has 0 amide bonds. The van der Waals surface area contributed by atoms with Gasteiger partial charge in [0, 0.05) is 25.0 Å². The van der Waals surface area contributed by atoms with E-state index in [0.29, 0.717) is 23.6 Å². The molecule has 1 heterocycles. The van der Waals surface area contributed by atoms with Crippen molar-refractivity contribution in [3.63, 3.8) is 0 Å². The highest BCUT2D eigenvalue weighted by Gasteiger charge is 2.22. The quantitative estimate of drug-likeness (QED) is 0.727. The second-order valence-corrected chi connectivity index (χ2v) is 6.11. The molecule has 2 atom stereocenters. The second-order valence-electron chi connectivity index (χ2n) is 6.11. The molecule has 2 aromatic rings. The third-order valence-corrected chi connectivity index (χ3v) is 4.55. The van der Waals surface area contributed by atoms with E-state index in [1.165, 1.54) is 0 Å². The summed E-state index contributed by atoms with van der Waals surface area (Å²) in [7, 11) is 6.36. The highest BCUT2D eigenvalue weighted by molar-refractivity contribution is 5.83. The highest BCUT2D eigenvalue weighted by atomic mass is 16.5. The zero-order valence-corrected chi connectivity index (χ0v) is 17.9. The number of aromatic amines is 1. The number of nitrogens with one attached hydrogen (secondary N) is 1. The maximum atomic E-state index is 10.8. The molecule has 1 aromatic carbocycles. The lowest BCUT2D eigenvalue weighted by molar-refractivity contribution is 0.0978. The number of nitrogens with zero attached hydrogens (tertiary/aromatic N) is 1. The average Bonchev–Trinajstić information content (AvgIpc) is 3.11. The summed E-state index contributed by atoms with van der Waals surface area (Å²) in [5.74, 6) is 1.87. The first kappa shape index (κ1) is 22.5. The molecule has 1 aliphatic carbocycles. The topological polar surface area (TPSA) is 85.8 Å². The van der Waals surface area contributed by atoms with E-state index in [9.17, 15) is 5.11 Å². The van der Waals surface area contributed by atoms with Crippen LogP contribution in [-0.4, -0.2) is 49.8 Å². The molecule has 2 unspecified atom stereocenters. The van der Waals surface area contributed by atoms with Gasteiger partial charge in [0.25, 0.3) is 0 Å². The van der Waals surface area contributed by atoms with Gasteiger partial charge in [-0.15, -0.1) is 0 Å². The Bertz CT molecular complexity index is 898. The number of fused-ring (bicyclic) bond motifs is 1. The number of methoxy groups -OCH3 is 4. The van der Waals surface area contributed by atoms with Gasteiger partial charge in [-0.3, -0.25) is 5.10 Å². The average molecular weight is 402 g/mol. The molecule has 29 heavy (non-hydrogen) atoms. The van der Waals surface area contributed by atoms with Gasteiger partial charge in [0.05, 0.1) is 32.5 Å². The van der Waals surface area contributed by atoms with E-state index in [2.05, 4.69) is 10.2 Å². The molecule has 7 heteroatoms. The van der Waals surface area contributed by atoms with Crippen molar-refractivity contribution >= 4 is 10.9 Å². The smallest absolute Gasteiger partial charge is 0.170 e. The van der Waals surface area contributed by atoms with Gasteiger partial charge in [0.2, 0.25) is 0 Å². The summed E-state index contributed by atoms with van der Waals surface area (Å²) in [4.78, 5) is 0. The molecule has 0 spiro atoms. The van der Waals surface area contributed by atoms with Crippen molar-refractivity contribution in [2.24, 2.45) is 0 Å². The molecule has 2 N–H and O–H groups in total. The molecule has 1 aliphatic rings. The van der Waals surface area contributed by atoms with E-state index in [4.69, 9.17) is 18.9 Å². The molecule has 0 saturated carbocycles. The van der Waals surface area contributed by atoms with Crippen LogP contribution in [-0.2, 0) is 14.2 Å². The van der Waals surface area contributed by atoms with E-state index in [1.807, 2.05) is 50.3 Å². The van der Waals surface area contributed by atoms with Gasteiger partial charge in [-0.1, -0.05) is 19.9 Å². The summed E-state index contributed by atoms with van der Waals surface area (Å²) in [6.07, 6.45) is 4.89. The fourth-order valence-corrected chi connectivity index (χ4v) is 3.13. The Balaban J connectivity index is 0.00000145. The van der Waals surface area contributed by atoms with Crippen LogP contribution in [0.3, 0.4) is 0 Å². The normalized spacial score (nSPS) is 17.2. The summed E-state index contributed by atoms with van der Waals surface area (Å²) in [6.45, 7) is 4.00. The van der Waals surface area contributed by atoms with Crippen LogP contribution in [0.5, 0.6) is 5.75 Å². The Morgan fingerprint density at radius 3 is 2.48 bits per heavy atom. The number of allylic oxidation sites excluding steroid dienone is 2. The predicted molar refractivity (Wildman–Crippen MR) is 113 cm³/mol. The molecule has 0 bridgehead atoms. The van der Waals surface area contributed by atoms with E-state index in [-0.39, 0.29) is 6.10 Å². The van der Waals surface area contributed by atoms with E-state index >= 15 is 0 Å². The zero-order valence-electron chi connectivity index (χ0n) is 17.9. The number of ether oxygens (including phenoxy) is 4. The summed E-state index contributed by atoms with van der Waals surface area (Å²) in [6, 6.07) is 5.56. The minimum absolute atomic E-state index is 0.351. The molecule has 0 radical (unpaired) electrons. The zero-order chi connectivity index (χ0) is 21.4. The number of hydrogen-bond acceptors (Lipinski definition) is 6. The van der Waals surface area contributed by atoms with Crippen molar-refractivity contribution in [3.8, 4) is 5.75 Å². The number of aliphatic hydroxyl groups excluding tert-OH is 1. The van der Waals surface area contributed by atoms with E-state index in [1.54, 1.807) is 28.4 Å². The van der Waals surface area contributed by atoms with Crippen molar-refractivity contribution in [1.82, 2.24) is 10.2 Å². The van der Waals surface area contributed by atoms with Crippen LogP contribution < -0.4 is 4.74 Å². The first-order valence-corrected chi connectivity index (χ1v) is 9.55. The summed E-state index contributed by atoms with van der Waals surface area (Å²) in [5.41, 5.74) is 2.28. The van der Waals surface area contributed by atoms with Crippen molar-refractivity contribution in [3.05, 3.63) is 59.2 Å². The van der Waals surface area contributed by atoms with Crippen LogP contribution in [0.25, 0.3) is 10.9 Å². The number of aliphatic hydroxyl groups is 1. The standard InChI is InChI=1S/C20H24N2O5.C2H6/c1-24-13-6-7-14-15(11-13)21-22-19(14)16(23)9-12-5-8-17(25-2)20(27-4)18(10-12)26-3;1-2/h5-8,10-11,16-17,23H,9H2,1-4H3,(H,21,22);1-2H3. The van der Waals surface area contributed by atoms with Crippen LogP contribution in [0.1, 0.15) is 32.1 Å². The van der Waals surface area contributed by atoms with E-state index in [0.717, 1.165) is 22.2 Å². The van der Waals surface area contributed by atoms with Crippen LogP contribution in [0.2, 0.25) is 0 Å². The molecular formula is C22H30N2O5. The van der Waals surface area contributed by atoms with E-state index < -0.39 is 6.10 Å². The number of benzene rings is 1. The van der Waals surface area contributed by atoms with Crippen LogP contribution in [0, 0.1) is 0 Å². The fraction of sp³-hybridized carbons (Fsp3) is 0.409. The van der Waals surface area contributed by atoms with Gasteiger partial charge in [0.1, 0.15) is 18.0 Å². The first-order chi connectivity index (χ1) is 14.1. The molecule has 0 aliphatic heterocycles. The molecule has 0 fully saturated rings. The van der Waals surface area contributed by atoms with Crippen LogP contribution in [0.15, 0.2) is 53.5 Å². The van der Waals surface area contributed by atoms with Gasteiger partial charge in [-0.2, -0.15) is 5.10 Å². The molecule has 0 saturated heterocycles. The number of H-pyrrole nitrogens is 1. The Hall–Kier alpha value is -2.77. The SMILES string of the molecule is CC.COC1=C(OC)C(OC)C=CC(CC(O)c2[nH]nc3cc(OC)ccc23)=C1. The second kappa shape index (κ2) is 10.7. The van der Waals surface area contributed by atoms with Gasteiger partial charge in [-0.05, 0) is 29.9 Å². The lowest BCUT2D eigenvalue weighted by Crippen LogP contribution is -2.14. The van der Waals surface area contributed by atoms with Gasteiger partial charge in [0.15, 0.2) is 11.5 Å². The Kier molecular flexibility index (Phi) is 8.30. The molecule has 3 rings (SSSR count). The number of hydrogen-bond donors (Lipinski definition) is 2. The summed E-state index contributed by atoms with van der Waals surface area (Å²) < 4.78 is 21.5. The lowest BCUT2D eigenvalue weighted by Gasteiger charge is -2.15. The lowest BCUT2D eigenvalue weighted by atomic mass is 10.0. The van der Waals surface area contributed by atoms with Crippen LogP contribution in [0.4, 0.5) is 0 Å². The molecule has 1 aromatic heterocycles. The summed E-state index contributed by atoms with van der Waals surface area (Å²) >= 11 is 0. The first-order valence-electron chi connectivity index (χ1n) is 9.55. The molecule has 7 nitrogen and oxygen atoms in total. The Morgan fingerprint density at radius 1 is 1.10 bits per heavy atom. The number of rotatable bonds is 7.